The summed E-state index contributed by atoms with van der Waals surface area (Å²) in [6.07, 6.45) is 21.3. The van der Waals surface area contributed by atoms with E-state index in [9.17, 15) is 4.79 Å². The van der Waals surface area contributed by atoms with Gasteiger partial charge in [-0.25, -0.2) is 4.79 Å². The van der Waals surface area contributed by atoms with E-state index in [0.717, 1.165) is 19.3 Å². The molecule has 30 heavy (non-hydrogen) atoms. The van der Waals surface area contributed by atoms with Crippen LogP contribution in [0, 0.1) is 11.8 Å². The summed E-state index contributed by atoms with van der Waals surface area (Å²) in [6.45, 7) is 8.83. The lowest BCUT2D eigenvalue weighted by molar-refractivity contribution is -0.119. The van der Waals surface area contributed by atoms with Gasteiger partial charge < -0.3 is 9.47 Å². The zero-order valence-corrected chi connectivity index (χ0v) is 19.7. The number of allylic oxidation sites excluding steroid dienone is 2. The Morgan fingerprint density at radius 3 is 1.97 bits per heavy atom. The SMILES string of the molecule is CC(C)(OCN(C(=O)OC(C)(C)C1CCCCC1)C1C=CC=CC1)C1CCCCC1. The Bertz CT molecular complexity index is 610. The first-order valence-electron chi connectivity index (χ1n) is 12.3. The number of amides is 1. The Morgan fingerprint density at radius 1 is 0.867 bits per heavy atom. The minimum atomic E-state index is -0.442. The van der Waals surface area contributed by atoms with Crippen LogP contribution in [0.1, 0.15) is 98.3 Å². The summed E-state index contributed by atoms with van der Waals surface area (Å²) < 4.78 is 12.6. The molecule has 170 valence electrons. The molecule has 0 aromatic carbocycles. The minimum Gasteiger partial charge on any atom is -0.443 e. The highest BCUT2D eigenvalue weighted by Crippen LogP contribution is 2.37. The molecule has 3 aliphatic carbocycles. The number of nitrogens with zero attached hydrogens (tertiary/aromatic N) is 1. The summed E-state index contributed by atoms with van der Waals surface area (Å²) in [5.74, 6) is 1.00. The quantitative estimate of drug-likeness (QED) is 0.419. The maximum absolute atomic E-state index is 13.4. The van der Waals surface area contributed by atoms with Crippen molar-refractivity contribution in [2.24, 2.45) is 11.8 Å². The minimum absolute atomic E-state index is 0.00758. The smallest absolute Gasteiger partial charge is 0.412 e. The maximum atomic E-state index is 13.4. The van der Waals surface area contributed by atoms with E-state index in [1.165, 1.54) is 51.4 Å². The fourth-order valence-corrected chi connectivity index (χ4v) is 5.40. The van der Waals surface area contributed by atoms with Crippen LogP contribution in [0.5, 0.6) is 0 Å². The molecule has 3 rings (SSSR count). The summed E-state index contributed by atoms with van der Waals surface area (Å²) in [4.78, 5) is 15.2. The number of ether oxygens (including phenoxy) is 2. The predicted molar refractivity (Wildman–Crippen MR) is 122 cm³/mol. The number of carbonyl (C=O) groups is 1. The standard InChI is InChI=1S/C26H43NO3/c1-25(2,21-14-8-5-9-15-21)29-20-27(23-18-12-7-13-19-23)24(28)30-26(3,4)22-16-10-6-11-17-22/h7,12-13,18,21-23H,5-6,8-11,14-17,19-20H2,1-4H3. The lowest BCUT2D eigenvalue weighted by atomic mass is 9.79. The van der Waals surface area contributed by atoms with Gasteiger partial charge in [-0.05, 0) is 71.6 Å². The van der Waals surface area contributed by atoms with Gasteiger partial charge in [0, 0.05) is 0 Å². The average molecular weight is 418 g/mol. The first-order chi connectivity index (χ1) is 14.3. The summed E-state index contributed by atoms with van der Waals surface area (Å²) in [5.41, 5.74) is -0.672. The van der Waals surface area contributed by atoms with Crippen LogP contribution in [0.25, 0.3) is 0 Å². The second kappa shape index (κ2) is 10.3. The molecule has 0 spiro atoms. The van der Waals surface area contributed by atoms with Gasteiger partial charge in [0.1, 0.15) is 12.3 Å². The Labute approximate surface area is 184 Å². The number of rotatable bonds is 7. The van der Waals surface area contributed by atoms with Crippen LogP contribution in [0.3, 0.4) is 0 Å². The Hall–Kier alpha value is -1.29. The zero-order chi connectivity index (χ0) is 21.6. The first kappa shape index (κ1) is 23.4. The van der Waals surface area contributed by atoms with E-state index in [1.54, 1.807) is 4.90 Å². The van der Waals surface area contributed by atoms with Crippen molar-refractivity contribution >= 4 is 6.09 Å². The molecular formula is C26H43NO3. The average Bonchev–Trinajstić information content (AvgIpc) is 2.75. The topological polar surface area (TPSA) is 38.8 Å². The molecule has 0 N–H and O–H groups in total. The van der Waals surface area contributed by atoms with E-state index < -0.39 is 5.60 Å². The van der Waals surface area contributed by atoms with Crippen molar-refractivity contribution in [2.45, 2.75) is 116 Å². The van der Waals surface area contributed by atoms with Gasteiger partial charge in [0.2, 0.25) is 0 Å². The van der Waals surface area contributed by atoms with Crippen molar-refractivity contribution in [1.82, 2.24) is 4.90 Å². The van der Waals surface area contributed by atoms with Crippen molar-refractivity contribution < 1.29 is 14.3 Å². The molecule has 1 amide bonds. The van der Waals surface area contributed by atoms with Gasteiger partial charge in [0.15, 0.2) is 0 Å². The molecule has 4 heteroatoms. The molecule has 2 fully saturated rings. The van der Waals surface area contributed by atoms with Gasteiger partial charge in [0.05, 0.1) is 11.6 Å². The first-order valence-corrected chi connectivity index (χ1v) is 12.3. The monoisotopic (exact) mass is 417 g/mol. The van der Waals surface area contributed by atoms with E-state index >= 15 is 0 Å². The Morgan fingerprint density at radius 2 is 1.43 bits per heavy atom. The second-order valence-corrected chi connectivity index (χ2v) is 10.6. The van der Waals surface area contributed by atoms with Crippen LogP contribution in [0.2, 0.25) is 0 Å². The zero-order valence-electron chi connectivity index (χ0n) is 19.7. The van der Waals surface area contributed by atoms with Crippen molar-refractivity contribution in [2.75, 3.05) is 6.73 Å². The summed E-state index contributed by atoms with van der Waals surface area (Å²) in [5, 5.41) is 0. The van der Waals surface area contributed by atoms with Crippen molar-refractivity contribution in [3.05, 3.63) is 24.3 Å². The molecule has 0 heterocycles. The molecule has 4 nitrogen and oxygen atoms in total. The fraction of sp³-hybridized carbons (Fsp3) is 0.808. The van der Waals surface area contributed by atoms with Crippen molar-refractivity contribution in [1.29, 1.82) is 0 Å². The number of carbonyl (C=O) groups excluding carboxylic acids is 1. The van der Waals surface area contributed by atoms with E-state index in [-0.39, 0.29) is 24.5 Å². The van der Waals surface area contributed by atoms with Crippen LogP contribution in [-0.2, 0) is 9.47 Å². The lowest BCUT2D eigenvalue weighted by Crippen LogP contribution is -2.49. The van der Waals surface area contributed by atoms with Gasteiger partial charge in [-0.3, -0.25) is 4.90 Å². The molecule has 0 bridgehead atoms. The highest BCUT2D eigenvalue weighted by Gasteiger charge is 2.38. The summed E-state index contributed by atoms with van der Waals surface area (Å²) >= 11 is 0. The summed E-state index contributed by atoms with van der Waals surface area (Å²) in [6, 6.07) is -0.00758. The van der Waals surface area contributed by atoms with Crippen LogP contribution in [0.15, 0.2) is 24.3 Å². The van der Waals surface area contributed by atoms with Crippen LogP contribution in [0.4, 0.5) is 4.79 Å². The molecule has 0 radical (unpaired) electrons. The molecule has 0 aliphatic heterocycles. The largest absolute Gasteiger partial charge is 0.443 e. The third-order valence-corrected chi connectivity index (χ3v) is 7.70. The number of hydrogen-bond acceptors (Lipinski definition) is 3. The molecule has 1 atom stereocenters. The fourth-order valence-electron chi connectivity index (χ4n) is 5.40. The van der Waals surface area contributed by atoms with Gasteiger partial charge in [-0.1, -0.05) is 62.8 Å². The molecule has 0 aromatic rings. The maximum Gasteiger partial charge on any atom is 0.412 e. The van der Waals surface area contributed by atoms with Crippen LogP contribution < -0.4 is 0 Å². The molecule has 2 saturated carbocycles. The highest BCUT2D eigenvalue weighted by atomic mass is 16.6. The van der Waals surface area contributed by atoms with E-state index in [1.807, 2.05) is 12.2 Å². The van der Waals surface area contributed by atoms with E-state index in [4.69, 9.17) is 9.47 Å². The van der Waals surface area contributed by atoms with Gasteiger partial charge in [-0.15, -0.1) is 0 Å². The van der Waals surface area contributed by atoms with Crippen molar-refractivity contribution in [3.63, 3.8) is 0 Å². The van der Waals surface area contributed by atoms with E-state index in [2.05, 4.69) is 39.8 Å². The molecule has 3 aliphatic rings. The molecule has 0 saturated heterocycles. The van der Waals surface area contributed by atoms with Crippen LogP contribution in [-0.4, -0.2) is 35.0 Å². The predicted octanol–water partition coefficient (Wildman–Crippen LogP) is 7.00. The third-order valence-electron chi connectivity index (χ3n) is 7.70. The van der Waals surface area contributed by atoms with Crippen molar-refractivity contribution in [3.8, 4) is 0 Å². The van der Waals surface area contributed by atoms with E-state index in [0.29, 0.717) is 11.8 Å². The lowest BCUT2D eigenvalue weighted by Gasteiger charge is -2.41. The Kier molecular flexibility index (Phi) is 8.06. The van der Waals surface area contributed by atoms with Gasteiger partial charge in [-0.2, -0.15) is 0 Å². The normalized spacial score (nSPS) is 24.1. The summed E-state index contributed by atoms with van der Waals surface area (Å²) in [7, 11) is 0. The molecule has 1 unspecified atom stereocenters. The van der Waals surface area contributed by atoms with Crippen LogP contribution >= 0.6 is 0 Å². The molecular weight excluding hydrogens is 374 g/mol. The number of hydrogen-bond donors (Lipinski definition) is 0. The highest BCUT2D eigenvalue weighted by molar-refractivity contribution is 5.69. The van der Waals surface area contributed by atoms with Gasteiger partial charge in [0.25, 0.3) is 0 Å². The molecule has 0 aromatic heterocycles. The van der Waals surface area contributed by atoms with Gasteiger partial charge >= 0.3 is 6.09 Å². The Balaban J connectivity index is 1.66. The third kappa shape index (κ3) is 6.12. The second-order valence-electron chi connectivity index (χ2n) is 10.6.